The highest BCUT2D eigenvalue weighted by molar-refractivity contribution is 6.04. The summed E-state index contributed by atoms with van der Waals surface area (Å²) in [6, 6.07) is 13.9. The van der Waals surface area contributed by atoms with Crippen molar-refractivity contribution in [3.8, 4) is 11.5 Å². The monoisotopic (exact) mass is 363 g/mol. The molecule has 3 aromatic rings. The van der Waals surface area contributed by atoms with Gasteiger partial charge >= 0.3 is 6.03 Å². The first-order valence-electron chi connectivity index (χ1n) is 8.53. The van der Waals surface area contributed by atoms with Crippen LogP contribution in [0.5, 0.6) is 0 Å². The summed E-state index contributed by atoms with van der Waals surface area (Å²) in [5, 5.41) is 15.9. The molecule has 3 N–H and O–H groups in total. The van der Waals surface area contributed by atoms with E-state index < -0.39 is 0 Å². The minimum atomic E-state index is -0.258. The number of rotatable bonds is 5. The van der Waals surface area contributed by atoms with Crippen LogP contribution >= 0.6 is 0 Å². The number of hydrogen-bond acceptors (Lipinski definition) is 5. The van der Waals surface area contributed by atoms with Crippen LogP contribution in [0.25, 0.3) is 11.5 Å². The Kier molecular flexibility index (Phi) is 4.52. The summed E-state index contributed by atoms with van der Waals surface area (Å²) >= 11 is 0. The van der Waals surface area contributed by atoms with Gasteiger partial charge in [0.15, 0.2) is 0 Å². The van der Waals surface area contributed by atoms with Gasteiger partial charge in [0.25, 0.3) is 5.91 Å². The highest BCUT2D eigenvalue weighted by Gasteiger charge is 2.23. The second-order valence-electron chi connectivity index (χ2n) is 6.23. The fourth-order valence-corrected chi connectivity index (χ4v) is 2.52. The molecule has 8 nitrogen and oxygen atoms in total. The van der Waals surface area contributed by atoms with Gasteiger partial charge in [-0.25, -0.2) is 4.79 Å². The van der Waals surface area contributed by atoms with E-state index in [1.807, 2.05) is 6.07 Å². The largest absolute Gasteiger partial charge is 0.423 e. The van der Waals surface area contributed by atoms with Gasteiger partial charge in [-0.15, -0.1) is 10.2 Å². The maximum Gasteiger partial charge on any atom is 0.319 e. The molecule has 27 heavy (non-hydrogen) atoms. The number of carbonyl (C=O) groups is 2. The number of nitrogens with one attached hydrogen (secondary N) is 3. The minimum Gasteiger partial charge on any atom is -0.423 e. The van der Waals surface area contributed by atoms with E-state index in [1.54, 1.807) is 42.5 Å². The van der Waals surface area contributed by atoms with Crippen molar-refractivity contribution in [1.29, 1.82) is 0 Å². The summed E-state index contributed by atoms with van der Waals surface area (Å²) in [7, 11) is 0. The number of amides is 3. The number of nitrogens with zero attached hydrogens (tertiary/aromatic N) is 2. The molecule has 1 aliphatic carbocycles. The summed E-state index contributed by atoms with van der Waals surface area (Å²) in [5.74, 6) is 0.123. The lowest BCUT2D eigenvalue weighted by Crippen LogP contribution is -2.30. The molecule has 2 aromatic carbocycles. The first-order valence-corrected chi connectivity index (χ1v) is 8.53. The van der Waals surface area contributed by atoms with Crippen LogP contribution in [0.2, 0.25) is 0 Å². The zero-order chi connectivity index (χ0) is 18.6. The molecule has 0 atom stereocenters. The van der Waals surface area contributed by atoms with Gasteiger partial charge in [0.2, 0.25) is 12.3 Å². The first-order chi connectivity index (χ1) is 13.2. The van der Waals surface area contributed by atoms with E-state index in [1.165, 1.54) is 6.39 Å². The van der Waals surface area contributed by atoms with Crippen LogP contribution in [-0.2, 0) is 0 Å². The summed E-state index contributed by atoms with van der Waals surface area (Å²) in [6.45, 7) is 0. The Balaban J connectivity index is 1.39. The fourth-order valence-electron chi connectivity index (χ4n) is 2.52. The molecule has 1 aliphatic rings. The molecule has 8 heteroatoms. The van der Waals surface area contributed by atoms with Gasteiger partial charge in [-0.05, 0) is 55.3 Å². The van der Waals surface area contributed by atoms with E-state index >= 15 is 0 Å². The first kappa shape index (κ1) is 16.8. The van der Waals surface area contributed by atoms with E-state index in [-0.39, 0.29) is 18.0 Å². The van der Waals surface area contributed by atoms with Gasteiger partial charge in [0, 0.05) is 28.5 Å². The van der Waals surface area contributed by atoms with Gasteiger partial charge in [0.1, 0.15) is 0 Å². The van der Waals surface area contributed by atoms with Crippen LogP contribution < -0.4 is 16.0 Å². The van der Waals surface area contributed by atoms with E-state index in [0.717, 1.165) is 12.8 Å². The SMILES string of the molecule is O=C(Nc1ccc(C(=O)Nc2cccc(-c3nnco3)c2)cc1)NC1CC1. The number of hydrogen-bond donors (Lipinski definition) is 3. The molecular weight excluding hydrogens is 346 g/mol. The Morgan fingerprint density at radius 2 is 1.81 bits per heavy atom. The van der Waals surface area contributed by atoms with Crippen LogP contribution in [0.15, 0.2) is 59.3 Å². The molecule has 1 saturated carbocycles. The third kappa shape index (κ3) is 4.30. The van der Waals surface area contributed by atoms with Crippen molar-refractivity contribution >= 4 is 23.3 Å². The zero-order valence-corrected chi connectivity index (χ0v) is 14.3. The average Bonchev–Trinajstić information content (AvgIpc) is 3.31. The lowest BCUT2D eigenvalue weighted by atomic mass is 10.1. The van der Waals surface area contributed by atoms with E-state index in [2.05, 4.69) is 26.1 Å². The van der Waals surface area contributed by atoms with E-state index in [0.29, 0.717) is 28.4 Å². The van der Waals surface area contributed by atoms with Gasteiger partial charge in [-0.3, -0.25) is 4.79 Å². The molecule has 1 fully saturated rings. The topological polar surface area (TPSA) is 109 Å². The Bertz CT molecular complexity index is 950. The molecule has 1 heterocycles. The van der Waals surface area contributed by atoms with Gasteiger partial charge in [-0.1, -0.05) is 6.07 Å². The molecule has 0 aliphatic heterocycles. The number of urea groups is 1. The Morgan fingerprint density at radius 1 is 1.00 bits per heavy atom. The summed E-state index contributed by atoms with van der Waals surface area (Å²) in [6.07, 6.45) is 3.31. The number of benzene rings is 2. The second-order valence-corrected chi connectivity index (χ2v) is 6.23. The van der Waals surface area contributed by atoms with Crippen LogP contribution in [0.3, 0.4) is 0 Å². The molecule has 0 radical (unpaired) electrons. The zero-order valence-electron chi connectivity index (χ0n) is 14.3. The molecule has 0 saturated heterocycles. The fraction of sp³-hybridized carbons (Fsp3) is 0.158. The molecule has 3 amide bonds. The summed E-state index contributed by atoms with van der Waals surface area (Å²) < 4.78 is 5.16. The Labute approximate surface area is 155 Å². The van der Waals surface area contributed by atoms with Crippen LogP contribution in [0, 0.1) is 0 Å². The Hall–Kier alpha value is -3.68. The molecule has 4 rings (SSSR count). The molecule has 0 spiro atoms. The molecule has 136 valence electrons. The highest BCUT2D eigenvalue weighted by Crippen LogP contribution is 2.21. The minimum absolute atomic E-state index is 0.229. The van der Waals surface area contributed by atoms with Crippen molar-refractivity contribution < 1.29 is 14.0 Å². The van der Waals surface area contributed by atoms with Gasteiger partial charge in [0.05, 0.1) is 0 Å². The van der Waals surface area contributed by atoms with Gasteiger partial charge in [-0.2, -0.15) is 0 Å². The predicted octanol–water partition coefficient (Wildman–Crippen LogP) is 3.27. The third-order valence-corrected chi connectivity index (χ3v) is 4.04. The molecule has 0 unspecified atom stereocenters. The third-order valence-electron chi connectivity index (χ3n) is 4.04. The normalized spacial score (nSPS) is 13.0. The standard InChI is InChI=1S/C19H17N5O3/c25-17(21-16-3-1-2-13(10-16)18-24-20-11-27-18)12-4-6-14(7-5-12)22-19(26)23-15-8-9-15/h1-7,10-11,15H,8-9H2,(H,21,25)(H2,22,23,26). The lowest BCUT2D eigenvalue weighted by molar-refractivity contribution is 0.102. The van der Waals surface area contributed by atoms with E-state index in [9.17, 15) is 9.59 Å². The maximum absolute atomic E-state index is 12.4. The van der Waals surface area contributed by atoms with Crippen molar-refractivity contribution in [3.05, 3.63) is 60.5 Å². The van der Waals surface area contributed by atoms with Crippen LogP contribution in [-0.4, -0.2) is 28.2 Å². The van der Waals surface area contributed by atoms with Crippen molar-refractivity contribution in [2.24, 2.45) is 0 Å². The molecule has 1 aromatic heterocycles. The number of anilines is 2. The smallest absolute Gasteiger partial charge is 0.319 e. The highest BCUT2D eigenvalue weighted by atomic mass is 16.4. The van der Waals surface area contributed by atoms with Crippen molar-refractivity contribution in [1.82, 2.24) is 15.5 Å². The van der Waals surface area contributed by atoms with Crippen molar-refractivity contribution in [2.75, 3.05) is 10.6 Å². The van der Waals surface area contributed by atoms with Crippen LogP contribution in [0.4, 0.5) is 16.2 Å². The number of aromatic nitrogens is 2. The van der Waals surface area contributed by atoms with Gasteiger partial charge < -0.3 is 20.4 Å². The lowest BCUT2D eigenvalue weighted by Gasteiger charge is -2.09. The second kappa shape index (κ2) is 7.28. The summed E-state index contributed by atoms with van der Waals surface area (Å²) in [4.78, 5) is 24.2. The molecule has 0 bridgehead atoms. The maximum atomic E-state index is 12.4. The van der Waals surface area contributed by atoms with E-state index in [4.69, 9.17) is 4.42 Å². The average molecular weight is 363 g/mol. The number of carbonyl (C=O) groups excluding carboxylic acids is 2. The quantitative estimate of drug-likeness (QED) is 0.644. The van der Waals surface area contributed by atoms with Crippen molar-refractivity contribution in [2.45, 2.75) is 18.9 Å². The van der Waals surface area contributed by atoms with Crippen LogP contribution in [0.1, 0.15) is 23.2 Å². The predicted molar refractivity (Wildman–Crippen MR) is 99.3 cm³/mol. The Morgan fingerprint density at radius 3 is 2.52 bits per heavy atom. The summed E-state index contributed by atoms with van der Waals surface area (Å²) in [5.41, 5.74) is 2.43. The molecular formula is C19H17N5O3. The van der Waals surface area contributed by atoms with Crippen molar-refractivity contribution in [3.63, 3.8) is 0 Å².